The number of aromatic nitrogens is 6. The van der Waals surface area contributed by atoms with E-state index < -0.39 is 23.7 Å². The molecule has 0 amide bonds. The fourth-order valence-electron chi connectivity index (χ4n) is 3.07. The zero-order valence-electron chi connectivity index (χ0n) is 17.3. The third kappa shape index (κ3) is 4.80. The second-order valence-corrected chi connectivity index (χ2v) is 8.80. The van der Waals surface area contributed by atoms with Crippen LogP contribution in [0.3, 0.4) is 0 Å². The van der Waals surface area contributed by atoms with Crippen molar-refractivity contribution in [3.05, 3.63) is 69.9 Å². The summed E-state index contributed by atoms with van der Waals surface area (Å²) in [4.78, 5) is 0. The van der Waals surface area contributed by atoms with Crippen LogP contribution in [0, 0.1) is 0 Å². The van der Waals surface area contributed by atoms with Gasteiger partial charge in [-0.05, 0) is 56.1 Å². The van der Waals surface area contributed by atoms with Crippen molar-refractivity contribution in [2.45, 2.75) is 18.0 Å². The van der Waals surface area contributed by atoms with E-state index in [0.717, 1.165) is 28.1 Å². The van der Waals surface area contributed by atoms with E-state index >= 15 is 0 Å². The molecular weight excluding hydrogens is 605 g/mol. The molecule has 0 unspecified atom stereocenters. The maximum absolute atomic E-state index is 14.0. The smallest absolute Gasteiger partial charge is 0.336 e. The highest BCUT2D eigenvalue weighted by atomic mass is 79.9. The summed E-state index contributed by atoms with van der Waals surface area (Å²) in [6.45, 7) is 0. The minimum absolute atomic E-state index is 0.156. The van der Waals surface area contributed by atoms with Gasteiger partial charge in [-0.3, -0.25) is 0 Å². The maximum atomic E-state index is 14.0. The third-order valence-corrected chi connectivity index (χ3v) is 5.54. The van der Waals surface area contributed by atoms with Gasteiger partial charge in [0.05, 0.1) is 27.0 Å². The van der Waals surface area contributed by atoms with Gasteiger partial charge in [-0.15, -0.1) is 0 Å². The molecule has 0 aliphatic heterocycles. The Balaban J connectivity index is 0.000000226. The van der Waals surface area contributed by atoms with Gasteiger partial charge in [-0.25, -0.2) is 13.8 Å². The number of hydrogen-bond donors (Lipinski definition) is 0. The van der Waals surface area contributed by atoms with Crippen LogP contribution in [0.4, 0.5) is 30.7 Å². The molecule has 0 saturated heterocycles. The summed E-state index contributed by atoms with van der Waals surface area (Å²) in [7, 11) is 2.89. The molecule has 0 atom stereocenters. The molecule has 0 bridgehead atoms. The van der Waals surface area contributed by atoms with Crippen LogP contribution in [0.15, 0.2) is 64.2 Å². The summed E-state index contributed by atoms with van der Waals surface area (Å²) < 4.78 is 97.2. The molecule has 15 heteroatoms. The molecule has 4 rings (SSSR count). The van der Waals surface area contributed by atoms with Crippen molar-refractivity contribution >= 4 is 31.9 Å². The Hall–Kier alpha value is -2.55. The van der Waals surface area contributed by atoms with Crippen LogP contribution in [-0.2, 0) is 19.8 Å². The van der Waals surface area contributed by atoms with E-state index in [2.05, 4.69) is 42.1 Å². The highest BCUT2D eigenvalue weighted by Crippen LogP contribution is 2.53. The van der Waals surface area contributed by atoms with E-state index in [0.29, 0.717) is 15.1 Å². The van der Waals surface area contributed by atoms with Gasteiger partial charge in [0.25, 0.3) is 0 Å². The van der Waals surface area contributed by atoms with Crippen molar-refractivity contribution in [2.75, 3.05) is 0 Å². The van der Waals surface area contributed by atoms with Crippen molar-refractivity contribution in [2.24, 2.45) is 14.1 Å². The number of rotatable bonds is 3. The lowest BCUT2D eigenvalue weighted by atomic mass is 10.0. The second-order valence-electron chi connectivity index (χ2n) is 6.97. The lowest BCUT2D eigenvalue weighted by Crippen LogP contribution is -2.51. The summed E-state index contributed by atoms with van der Waals surface area (Å²) in [5, 5.41) is 7.90. The maximum Gasteiger partial charge on any atom is 0.437 e. The molecule has 0 spiro atoms. The minimum atomic E-state index is -6.15. The van der Waals surface area contributed by atoms with Crippen LogP contribution < -0.4 is 0 Å². The van der Waals surface area contributed by atoms with Gasteiger partial charge in [0.1, 0.15) is 11.6 Å². The highest BCUT2D eigenvalue weighted by molar-refractivity contribution is 9.10. The topological polar surface area (TPSA) is 45.5 Å². The molecule has 0 aliphatic rings. The molecular formula is C19H15Br2F7N6. The Morgan fingerprint density at radius 3 is 1.62 bits per heavy atom. The number of aryl methyl sites for hydroxylation is 1. The Bertz CT molecular complexity index is 1250. The van der Waals surface area contributed by atoms with Crippen molar-refractivity contribution < 1.29 is 30.7 Å². The van der Waals surface area contributed by atoms with Gasteiger partial charge in [0.2, 0.25) is 0 Å². The number of alkyl halides is 7. The molecule has 34 heavy (non-hydrogen) atoms. The Labute approximate surface area is 204 Å². The molecule has 4 heterocycles. The first-order valence-corrected chi connectivity index (χ1v) is 10.8. The first kappa shape index (κ1) is 26.1. The van der Waals surface area contributed by atoms with Crippen molar-refractivity contribution in [1.82, 2.24) is 28.7 Å². The Kier molecular flexibility index (Phi) is 7.09. The van der Waals surface area contributed by atoms with E-state index in [4.69, 9.17) is 0 Å². The first-order chi connectivity index (χ1) is 15.7. The largest absolute Gasteiger partial charge is 0.437 e. The second kappa shape index (κ2) is 9.24. The molecule has 0 N–H and O–H groups in total. The summed E-state index contributed by atoms with van der Waals surface area (Å²) in [5.74, 6) is 0.900. The van der Waals surface area contributed by atoms with Crippen LogP contribution in [0.1, 0.15) is 5.69 Å². The Morgan fingerprint density at radius 2 is 1.24 bits per heavy atom. The lowest BCUT2D eigenvalue weighted by Gasteiger charge is -2.30. The molecule has 0 saturated carbocycles. The Morgan fingerprint density at radius 1 is 0.735 bits per heavy atom. The van der Waals surface area contributed by atoms with Gasteiger partial charge in [-0.1, -0.05) is 0 Å². The van der Waals surface area contributed by atoms with E-state index in [9.17, 15) is 30.7 Å². The lowest BCUT2D eigenvalue weighted by molar-refractivity contribution is -0.350. The van der Waals surface area contributed by atoms with E-state index in [1.165, 1.54) is 12.4 Å². The average Bonchev–Trinajstić information content (AvgIpc) is 3.49. The van der Waals surface area contributed by atoms with Crippen molar-refractivity contribution in [1.29, 1.82) is 0 Å². The van der Waals surface area contributed by atoms with Gasteiger partial charge >= 0.3 is 18.0 Å². The first-order valence-electron chi connectivity index (χ1n) is 9.18. The molecule has 184 valence electrons. The highest BCUT2D eigenvalue weighted by Gasteiger charge is 2.74. The number of halogens is 9. The van der Waals surface area contributed by atoms with Crippen molar-refractivity contribution in [3.8, 4) is 11.6 Å². The molecule has 0 aliphatic carbocycles. The zero-order chi connectivity index (χ0) is 25.5. The van der Waals surface area contributed by atoms with Gasteiger partial charge in [0.15, 0.2) is 0 Å². The standard InChI is InChI=1S/C11H7BrF7N3.C8H8BrN3/c1-21-7(9(13,10(14,15)16)11(17,18)19)2-3-8(21)22-5-6(12)4-20-22;1-11-4-2-3-8(11)12-6-7(9)5-10-12/h2-5H,1H3;2-6H,1H3. The summed E-state index contributed by atoms with van der Waals surface area (Å²) in [6, 6.07) is 5.36. The summed E-state index contributed by atoms with van der Waals surface area (Å²) >= 11 is 6.39. The minimum Gasteiger partial charge on any atom is -0.336 e. The van der Waals surface area contributed by atoms with Crippen LogP contribution in [0.5, 0.6) is 0 Å². The predicted octanol–water partition coefficient (Wildman–Crippen LogP) is 6.24. The zero-order valence-corrected chi connectivity index (χ0v) is 20.5. The summed E-state index contributed by atoms with van der Waals surface area (Å²) in [6.07, 6.45) is -4.03. The van der Waals surface area contributed by atoms with Gasteiger partial charge in [-0.2, -0.15) is 36.5 Å². The number of hydrogen-bond acceptors (Lipinski definition) is 2. The van der Waals surface area contributed by atoms with Crippen molar-refractivity contribution in [3.63, 3.8) is 0 Å². The summed E-state index contributed by atoms with van der Waals surface area (Å²) in [5.41, 5.74) is -7.05. The monoisotopic (exact) mass is 618 g/mol. The van der Waals surface area contributed by atoms with Crippen LogP contribution in [0.25, 0.3) is 11.6 Å². The molecule has 4 aromatic rings. The molecule has 0 fully saturated rings. The van der Waals surface area contributed by atoms with Crippen LogP contribution in [0.2, 0.25) is 0 Å². The van der Waals surface area contributed by atoms with Gasteiger partial charge in [0, 0.05) is 32.7 Å². The quantitative estimate of drug-likeness (QED) is 0.255. The van der Waals surface area contributed by atoms with E-state index in [1.54, 1.807) is 6.20 Å². The molecule has 6 nitrogen and oxygen atoms in total. The van der Waals surface area contributed by atoms with E-state index in [1.807, 2.05) is 40.8 Å². The number of nitrogens with zero attached hydrogens (tertiary/aromatic N) is 6. The van der Waals surface area contributed by atoms with E-state index in [-0.39, 0.29) is 5.82 Å². The van der Waals surface area contributed by atoms with Crippen LogP contribution >= 0.6 is 31.9 Å². The predicted molar refractivity (Wildman–Crippen MR) is 115 cm³/mol. The average molecular weight is 620 g/mol. The normalized spacial score (nSPS) is 12.6. The SMILES string of the molecule is Cn1c(-n2cc(Br)cn2)ccc1C(F)(C(F)(F)F)C(F)(F)F.Cn1cccc1-n1cc(Br)cn1. The fourth-order valence-corrected chi connectivity index (χ4v) is 3.64. The fraction of sp³-hybridized carbons (Fsp3) is 0.263. The third-order valence-electron chi connectivity index (χ3n) is 4.72. The molecule has 0 radical (unpaired) electrons. The van der Waals surface area contributed by atoms with Gasteiger partial charge < -0.3 is 9.13 Å². The molecule has 0 aromatic carbocycles. The van der Waals surface area contributed by atoms with Crippen LogP contribution in [-0.4, -0.2) is 41.0 Å². The molecule has 4 aromatic heterocycles.